The molecule has 2 unspecified atom stereocenters. The third-order valence-corrected chi connectivity index (χ3v) is 5.84. The van der Waals surface area contributed by atoms with Gasteiger partial charge in [0.05, 0.1) is 35.8 Å². The lowest BCUT2D eigenvalue weighted by atomic mass is 10.1. The summed E-state index contributed by atoms with van der Waals surface area (Å²) < 4.78 is 32.9. The van der Waals surface area contributed by atoms with Crippen molar-refractivity contribution in [2.45, 2.75) is 38.5 Å². The molecule has 1 fully saturated rings. The number of aryl methyl sites for hydroxylation is 1. The zero-order chi connectivity index (χ0) is 23.9. The highest BCUT2D eigenvalue weighted by molar-refractivity contribution is 5.43. The second-order valence-corrected chi connectivity index (χ2v) is 8.61. The van der Waals surface area contributed by atoms with E-state index in [2.05, 4.69) is 4.90 Å². The lowest BCUT2D eigenvalue weighted by Gasteiger charge is -2.27. The van der Waals surface area contributed by atoms with Crippen LogP contribution >= 0.6 is 0 Å². The molecule has 1 aromatic heterocycles. The number of aromatic nitrogens is 2. The largest absolute Gasteiger partial charge is 0.438 e. The maximum atomic E-state index is 13.9. The van der Waals surface area contributed by atoms with Gasteiger partial charge in [-0.15, -0.1) is 0 Å². The Morgan fingerprint density at radius 3 is 2.76 bits per heavy atom. The molecule has 1 N–H and O–H groups in total. The van der Waals surface area contributed by atoms with E-state index in [1.807, 2.05) is 37.3 Å². The van der Waals surface area contributed by atoms with Gasteiger partial charge >= 0.3 is 0 Å². The van der Waals surface area contributed by atoms with Crippen LogP contribution in [0.25, 0.3) is 5.69 Å². The zero-order valence-electron chi connectivity index (χ0n) is 19.7. The van der Waals surface area contributed by atoms with Crippen LogP contribution < -0.4 is 4.74 Å². The Bertz CT molecular complexity index is 1050. The van der Waals surface area contributed by atoms with Gasteiger partial charge in [-0.05, 0) is 44.0 Å². The molecule has 0 saturated carbocycles. The quantitative estimate of drug-likeness (QED) is 0.456. The molecule has 0 bridgehead atoms. The normalized spacial score (nSPS) is 16.8. The molecule has 0 aliphatic carbocycles. The molecular formula is C26H32FN3O4. The summed E-state index contributed by atoms with van der Waals surface area (Å²) in [7, 11) is 1.58. The first-order valence-electron chi connectivity index (χ1n) is 11.6. The van der Waals surface area contributed by atoms with Crippen LogP contribution in [0.15, 0.2) is 54.6 Å². The fourth-order valence-electron chi connectivity index (χ4n) is 4.26. The van der Waals surface area contributed by atoms with Crippen LogP contribution in [-0.4, -0.2) is 65.4 Å². The number of hydrogen-bond acceptors (Lipinski definition) is 6. The summed E-state index contributed by atoms with van der Waals surface area (Å²) in [5, 5.41) is 15.2. The van der Waals surface area contributed by atoms with E-state index in [-0.39, 0.29) is 18.5 Å². The number of halogens is 1. The topological polar surface area (TPSA) is 69.0 Å². The number of nitrogens with zero attached hydrogens (tertiary/aromatic N) is 3. The highest BCUT2D eigenvalue weighted by Crippen LogP contribution is 2.32. The van der Waals surface area contributed by atoms with Crippen LogP contribution in [0.2, 0.25) is 0 Å². The van der Waals surface area contributed by atoms with E-state index >= 15 is 0 Å². The lowest BCUT2D eigenvalue weighted by molar-refractivity contribution is 0.0155. The molecule has 2 aromatic carbocycles. The second-order valence-electron chi connectivity index (χ2n) is 8.61. The number of aliphatic hydroxyl groups is 1. The third kappa shape index (κ3) is 6.21. The van der Waals surface area contributed by atoms with Gasteiger partial charge < -0.3 is 19.3 Å². The minimum atomic E-state index is -0.636. The lowest BCUT2D eigenvalue weighted by Crippen LogP contribution is -2.39. The smallest absolute Gasteiger partial charge is 0.227 e. The van der Waals surface area contributed by atoms with Crippen molar-refractivity contribution in [3.05, 3.63) is 71.7 Å². The Balaban J connectivity index is 1.68. The Morgan fingerprint density at radius 1 is 1.24 bits per heavy atom. The van der Waals surface area contributed by atoms with Crippen LogP contribution in [0, 0.1) is 12.7 Å². The van der Waals surface area contributed by atoms with Gasteiger partial charge in [0.2, 0.25) is 5.88 Å². The van der Waals surface area contributed by atoms with Gasteiger partial charge in [0, 0.05) is 39.4 Å². The van der Waals surface area contributed by atoms with Gasteiger partial charge in [0.15, 0.2) is 0 Å². The first kappa shape index (κ1) is 24.3. The fourth-order valence-corrected chi connectivity index (χ4v) is 4.26. The summed E-state index contributed by atoms with van der Waals surface area (Å²) in [6.45, 7) is 4.53. The summed E-state index contributed by atoms with van der Waals surface area (Å²) >= 11 is 0. The van der Waals surface area contributed by atoms with Crippen LogP contribution in [0.5, 0.6) is 11.6 Å². The van der Waals surface area contributed by atoms with E-state index in [1.54, 1.807) is 23.9 Å². The second kappa shape index (κ2) is 11.6. The van der Waals surface area contributed by atoms with E-state index in [0.717, 1.165) is 36.4 Å². The molecule has 182 valence electrons. The van der Waals surface area contributed by atoms with Gasteiger partial charge in [0.1, 0.15) is 11.6 Å². The van der Waals surface area contributed by atoms with Crippen molar-refractivity contribution in [1.82, 2.24) is 14.7 Å². The van der Waals surface area contributed by atoms with Crippen LogP contribution in [0.1, 0.15) is 24.1 Å². The molecule has 0 spiro atoms. The van der Waals surface area contributed by atoms with Crippen LogP contribution in [-0.2, 0) is 16.0 Å². The summed E-state index contributed by atoms with van der Waals surface area (Å²) in [4.78, 5) is 2.15. The minimum Gasteiger partial charge on any atom is -0.438 e. The van der Waals surface area contributed by atoms with E-state index in [9.17, 15) is 9.50 Å². The SMILES string of the molecule is COCC(O)CN(Cc1c(C)nn(-c2ccccc2)c1Oc1cccc(F)c1)CC1CCCO1. The third-order valence-electron chi connectivity index (χ3n) is 5.84. The van der Waals surface area contributed by atoms with Crippen molar-refractivity contribution >= 4 is 0 Å². The Kier molecular flexibility index (Phi) is 8.29. The summed E-state index contributed by atoms with van der Waals surface area (Å²) in [6, 6.07) is 15.8. The molecule has 3 aromatic rings. The Morgan fingerprint density at radius 2 is 2.06 bits per heavy atom. The van der Waals surface area contributed by atoms with Crippen molar-refractivity contribution in [2.24, 2.45) is 0 Å². The van der Waals surface area contributed by atoms with Crippen molar-refractivity contribution in [3.8, 4) is 17.3 Å². The first-order chi connectivity index (χ1) is 16.5. The zero-order valence-corrected chi connectivity index (χ0v) is 19.7. The monoisotopic (exact) mass is 469 g/mol. The average molecular weight is 470 g/mol. The summed E-state index contributed by atoms with van der Waals surface area (Å²) in [5.74, 6) is 0.542. The van der Waals surface area contributed by atoms with Crippen LogP contribution in [0.3, 0.4) is 0 Å². The van der Waals surface area contributed by atoms with Crippen molar-refractivity contribution < 1.29 is 23.7 Å². The molecule has 2 atom stereocenters. The standard InChI is InChI=1S/C26H32FN3O4/c1-19-25(17-29(15-22(31)18-32-2)16-24-12-7-13-33-24)26(34-23-11-6-8-20(27)14-23)30(28-19)21-9-4-3-5-10-21/h3-6,8-11,14,22,24,31H,7,12-13,15-18H2,1-2H3. The number of methoxy groups -OCH3 is 1. The van der Waals surface area contributed by atoms with Gasteiger partial charge in [-0.25, -0.2) is 9.07 Å². The van der Waals surface area contributed by atoms with Gasteiger partial charge in [-0.2, -0.15) is 5.10 Å². The van der Waals surface area contributed by atoms with Crippen molar-refractivity contribution in [1.29, 1.82) is 0 Å². The number of hydrogen-bond donors (Lipinski definition) is 1. The molecule has 7 nitrogen and oxygen atoms in total. The van der Waals surface area contributed by atoms with Gasteiger partial charge in [0.25, 0.3) is 0 Å². The molecule has 0 radical (unpaired) electrons. The maximum absolute atomic E-state index is 13.9. The first-order valence-corrected chi connectivity index (χ1v) is 11.6. The summed E-state index contributed by atoms with van der Waals surface area (Å²) in [6.07, 6.45) is 1.51. The molecule has 1 aliphatic heterocycles. The fraction of sp³-hybridized carbons (Fsp3) is 0.423. The predicted molar refractivity (Wildman–Crippen MR) is 127 cm³/mol. The van der Waals surface area contributed by atoms with E-state index < -0.39 is 6.10 Å². The number of rotatable bonds is 11. The molecule has 0 amide bonds. The molecular weight excluding hydrogens is 437 g/mol. The van der Waals surface area contributed by atoms with Gasteiger partial charge in [-0.1, -0.05) is 24.3 Å². The van der Waals surface area contributed by atoms with Crippen LogP contribution in [0.4, 0.5) is 4.39 Å². The molecule has 8 heteroatoms. The highest BCUT2D eigenvalue weighted by atomic mass is 19.1. The molecule has 34 heavy (non-hydrogen) atoms. The highest BCUT2D eigenvalue weighted by Gasteiger charge is 2.26. The average Bonchev–Trinajstić information content (AvgIpc) is 3.43. The van der Waals surface area contributed by atoms with Crippen molar-refractivity contribution in [2.75, 3.05) is 33.4 Å². The number of benzene rings is 2. The maximum Gasteiger partial charge on any atom is 0.227 e. The number of aliphatic hydroxyl groups excluding tert-OH is 1. The molecule has 1 aliphatic rings. The Labute approximate surface area is 199 Å². The molecule has 1 saturated heterocycles. The van der Waals surface area contributed by atoms with E-state index in [4.69, 9.17) is 19.3 Å². The molecule has 2 heterocycles. The van der Waals surface area contributed by atoms with Crippen molar-refractivity contribution in [3.63, 3.8) is 0 Å². The molecule has 4 rings (SSSR count). The van der Waals surface area contributed by atoms with E-state index in [0.29, 0.717) is 31.3 Å². The Hall–Kier alpha value is -2.78. The number of para-hydroxylation sites is 1. The van der Waals surface area contributed by atoms with Gasteiger partial charge in [-0.3, -0.25) is 4.90 Å². The minimum absolute atomic E-state index is 0.117. The summed E-state index contributed by atoms with van der Waals surface area (Å²) in [5.41, 5.74) is 2.51. The predicted octanol–water partition coefficient (Wildman–Crippen LogP) is 4.10. The number of ether oxygens (including phenoxy) is 3. The van der Waals surface area contributed by atoms with E-state index in [1.165, 1.54) is 12.1 Å².